The number of ether oxygens (including phenoxy) is 4. The monoisotopic (exact) mass is 590 g/mol. The fourth-order valence-electron chi connectivity index (χ4n) is 5.89. The van der Waals surface area contributed by atoms with Crippen LogP contribution in [0.15, 0.2) is 60.7 Å². The van der Waals surface area contributed by atoms with Gasteiger partial charge in [-0.15, -0.1) is 13.2 Å². The van der Waals surface area contributed by atoms with Gasteiger partial charge < -0.3 is 18.9 Å². The minimum Gasteiger partial charge on any atom is -0.485 e. The maximum atomic E-state index is 15.0. The first-order valence-electron chi connectivity index (χ1n) is 14.5. The van der Waals surface area contributed by atoms with Crippen LogP contribution in [-0.4, -0.2) is 25.7 Å². The molecule has 1 aliphatic carbocycles. The fraction of sp³-hybridized carbons (Fsp3) is 0.455. The van der Waals surface area contributed by atoms with Crippen molar-refractivity contribution in [2.75, 3.05) is 13.2 Å². The van der Waals surface area contributed by atoms with Crippen LogP contribution >= 0.6 is 0 Å². The van der Waals surface area contributed by atoms with Crippen molar-refractivity contribution in [2.45, 2.75) is 76.5 Å². The summed E-state index contributed by atoms with van der Waals surface area (Å²) >= 11 is 0. The van der Waals surface area contributed by atoms with Crippen LogP contribution in [0, 0.1) is 17.6 Å². The summed E-state index contributed by atoms with van der Waals surface area (Å²) < 4.78 is 88.0. The van der Waals surface area contributed by atoms with Gasteiger partial charge >= 0.3 is 6.36 Å². The van der Waals surface area contributed by atoms with E-state index in [-0.39, 0.29) is 19.0 Å². The van der Waals surface area contributed by atoms with E-state index in [0.29, 0.717) is 23.5 Å². The van der Waals surface area contributed by atoms with Gasteiger partial charge in [-0.3, -0.25) is 0 Å². The number of hydrogen-bond donors (Lipinski definition) is 0. The standard InChI is InChI=1S/C33H35F5O4/c1-2-3-21-4-6-22(7-5-21)23-8-10-24(11-9-23)26-18-29(34)31(30(35)19-26)40-20-28-16-17-39-32(41-28)25-12-14-27(15-13-25)42-33(36,37)38/h8-15,18-19,21-22,28,32H,2-7,16-17,20H2,1H3/t21-,22-,28?,32?. The molecule has 2 atom stereocenters. The Kier molecular flexibility index (Phi) is 9.68. The zero-order chi connectivity index (χ0) is 29.7. The van der Waals surface area contributed by atoms with Gasteiger partial charge in [-0.25, -0.2) is 8.78 Å². The van der Waals surface area contributed by atoms with E-state index in [1.54, 1.807) is 0 Å². The quantitative estimate of drug-likeness (QED) is 0.233. The Morgan fingerprint density at radius 1 is 0.810 bits per heavy atom. The van der Waals surface area contributed by atoms with E-state index in [1.165, 1.54) is 68.4 Å². The van der Waals surface area contributed by atoms with Crippen molar-refractivity contribution < 1.29 is 40.9 Å². The lowest BCUT2D eigenvalue weighted by molar-refractivity contribution is -0.274. The van der Waals surface area contributed by atoms with E-state index >= 15 is 0 Å². The predicted octanol–water partition coefficient (Wildman–Crippen LogP) is 9.49. The molecule has 0 radical (unpaired) electrons. The largest absolute Gasteiger partial charge is 0.573 e. The average Bonchev–Trinajstić information content (AvgIpc) is 2.97. The summed E-state index contributed by atoms with van der Waals surface area (Å²) in [7, 11) is 0. The molecule has 0 bridgehead atoms. The van der Waals surface area contributed by atoms with Crippen LogP contribution in [0.3, 0.4) is 0 Å². The van der Waals surface area contributed by atoms with E-state index < -0.39 is 36.1 Å². The third kappa shape index (κ3) is 7.81. The Labute approximate surface area is 242 Å². The van der Waals surface area contributed by atoms with Crippen LogP contribution in [0.25, 0.3) is 11.1 Å². The molecule has 2 unspecified atom stereocenters. The van der Waals surface area contributed by atoms with Crippen LogP contribution < -0.4 is 9.47 Å². The summed E-state index contributed by atoms with van der Waals surface area (Å²) in [5, 5.41) is 0. The molecule has 5 rings (SSSR count). The highest BCUT2D eigenvalue weighted by molar-refractivity contribution is 5.65. The van der Waals surface area contributed by atoms with E-state index in [0.717, 1.165) is 23.6 Å². The van der Waals surface area contributed by atoms with Crippen LogP contribution in [0.1, 0.15) is 75.2 Å². The Balaban J connectivity index is 1.17. The highest BCUT2D eigenvalue weighted by Gasteiger charge is 2.31. The number of alkyl halides is 3. The zero-order valence-corrected chi connectivity index (χ0v) is 23.5. The number of halogens is 5. The number of rotatable bonds is 9. The second-order valence-corrected chi connectivity index (χ2v) is 11.1. The highest BCUT2D eigenvalue weighted by Crippen LogP contribution is 2.38. The Hall–Kier alpha value is -3.17. The molecule has 0 amide bonds. The molecule has 3 aromatic carbocycles. The summed E-state index contributed by atoms with van der Waals surface area (Å²) in [5.74, 6) is -1.11. The predicted molar refractivity (Wildman–Crippen MR) is 148 cm³/mol. The smallest absolute Gasteiger partial charge is 0.485 e. The van der Waals surface area contributed by atoms with Gasteiger partial charge in [0, 0.05) is 12.0 Å². The third-order valence-corrected chi connectivity index (χ3v) is 8.08. The van der Waals surface area contributed by atoms with Gasteiger partial charge in [0.05, 0.1) is 12.7 Å². The minimum absolute atomic E-state index is 0.127. The first kappa shape index (κ1) is 30.3. The Morgan fingerprint density at radius 2 is 1.45 bits per heavy atom. The van der Waals surface area contributed by atoms with Gasteiger partial charge in [0.2, 0.25) is 0 Å². The zero-order valence-electron chi connectivity index (χ0n) is 23.5. The first-order valence-corrected chi connectivity index (χ1v) is 14.5. The van der Waals surface area contributed by atoms with E-state index in [1.807, 2.05) is 12.1 Å². The van der Waals surface area contributed by atoms with Gasteiger partial charge in [-0.2, -0.15) is 0 Å². The molecule has 42 heavy (non-hydrogen) atoms. The van der Waals surface area contributed by atoms with E-state index in [9.17, 15) is 22.0 Å². The molecule has 1 aliphatic heterocycles. The van der Waals surface area contributed by atoms with Crippen molar-refractivity contribution in [2.24, 2.45) is 5.92 Å². The molecular weight excluding hydrogens is 555 g/mol. The number of benzene rings is 3. The summed E-state index contributed by atoms with van der Waals surface area (Å²) in [6, 6.07) is 15.6. The molecular formula is C33H35F5O4. The second-order valence-electron chi connectivity index (χ2n) is 11.1. The molecule has 1 saturated carbocycles. The SMILES string of the molecule is CCC[C@H]1CC[C@H](c2ccc(-c3cc(F)c(OCC4CCOC(c5ccc(OC(F)(F)F)cc5)O4)c(F)c3)cc2)CC1. The lowest BCUT2D eigenvalue weighted by atomic mass is 9.77. The lowest BCUT2D eigenvalue weighted by Gasteiger charge is -2.30. The summed E-state index contributed by atoms with van der Waals surface area (Å²) in [6.07, 6.45) is 1.62. The highest BCUT2D eigenvalue weighted by atomic mass is 19.4. The topological polar surface area (TPSA) is 36.9 Å². The van der Waals surface area contributed by atoms with Gasteiger partial charge in [-0.1, -0.05) is 56.2 Å². The molecule has 1 saturated heterocycles. The van der Waals surface area contributed by atoms with Crippen molar-refractivity contribution in [1.82, 2.24) is 0 Å². The van der Waals surface area contributed by atoms with Crippen LogP contribution in [0.5, 0.6) is 11.5 Å². The molecule has 2 fully saturated rings. The molecule has 0 N–H and O–H groups in total. The summed E-state index contributed by atoms with van der Waals surface area (Å²) in [5.41, 5.74) is 2.90. The van der Waals surface area contributed by atoms with Gasteiger partial charge in [0.15, 0.2) is 23.7 Å². The Morgan fingerprint density at radius 3 is 2.07 bits per heavy atom. The molecule has 2 aliphatic rings. The van der Waals surface area contributed by atoms with Crippen LogP contribution in [0.2, 0.25) is 0 Å². The maximum absolute atomic E-state index is 15.0. The number of hydrogen-bond acceptors (Lipinski definition) is 4. The van der Waals surface area contributed by atoms with Gasteiger partial charge in [-0.05, 0) is 78.5 Å². The van der Waals surface area contributed by atoms with Crippen molar-refractivity contribution in [3.8, 4) is 22.6 Å². The van der Waals surface area contributed by atoms with Crippen molar-refractivity contribution in [3.05, 3.63) is 83.4 Å². The Bertz CT molecular complexity index is 1280. The van der Waals surface area contributed by atoms with E-state index in [4.69, 9.17) is 14.2 Å². The summed E-state index contributed by atoms with van der Waals surface area (Å²) in [6.45, 7) is 2.39. The summed E-state index contributed by atoms with van der Waals surface area (Å²) in [4.78, 5) is 0. The third-order valence-electron chi connectivity index (χ3n) is 8.08. The molecule has 0 spiro atoms. The second kappa shape index (κ2) is 13.4. The first-order chi connectivity index (χ1) is 20.2. The molecule has 1 heterocycles. The van der Waals surface area contributed by atoms with Gasteiger partial charge in [0.25, 0.3) is 0 Å². The minimum atomic E-state index is -4.79. The van der Waals surface area contributed by atoms with Crippen molar-refractivity contribution in [1.29, 1.82) is 0 Å². The van der Waals surface area contributed by atoms with Crippen molar-refractivity contribution in [3.63, 3.8) is 0 Å². The fourth-order valence-corrected chi connectivity index (χ4v) is 5.89. The molecule has 4 nitrogen and oxygen atoms in total. The van der Waals surface area contributed by atoms with Crippen LogP contribution in [-0.2, 0) is 9.47 Å². The molecule has 226 valence electrons. The average molecular weight is 591 g/mol. The normalized spacial score (nSPS) is 23.0. The van der Waals surface area contributed by atoms with E-state index in [2.05, 4.69) is 23.8 Å². The van der Waals surface area contributed by atoms with Gasteiger partial charge in [0.1, 0.15) is 12.4 Å². The van der Waals surface area contributed by atoms with Crippen LogP contribution in [0.4, 0.5) is 22.0 Å². The van der Waals surface area contributed by atoms with Crippen molar-refractivity contribution >= 4 is 0 Å². The molecule has 3 aromatic rings. The molecule has 9 heteroatoms. The molecule has 0 aromatic heterocycles. The maximum Gasteiger partial charge on any atom is 0.573 e. The lowest BCUT2D eigenvalue weighted by Crippen LogP contribution is -2.31.